The topological polar surface area (TPSA) is 46.3 Å². The molecule has 0 aromatic heterocycles. The van der Waals surface area contributed by atoms with Crippen LogP contribution in [0.4, 0.5) is 18.9 Å². The van der Waals surface area contributed by atoms with Crippen molar-refractivity contribution in [3.05, 3.63) is 28.8 Å². The lowest BCUT2D eigenvalue weighted by Gasteiger charge is -2.33. The number of halogens is 4. The molecule has 2 N–H and O–H groups in total. The highest BCUT2D eigenvalue weighted by Crippen LogP contribution is 2.35. The molecule has 1 aromatic rings. The predicted octanol–water partition coefficient (Wildman–Crippen LogP) is 3.34. The van der Waals surface area contributed by atoms with Gasteiger partial charge in [-0.25, -0.2) is 0 Å². The highest BCUT2D eigenvalue weighted by molar-refractivity contribution is 6.34. The minimum Gasteiger partial charge on any atom is -0.398 e. The molecule has 2 rings (SSSR count). The second-order valence-corrected chi connectivity index (χ2v) is 5.22. The lowest BCUT2D eigenvalue weighted by molar-refractivity contribution is -0.183. The number of piperidine rings is 1. The van der Waals surface area contributed by atoms with Crippen LogP contribution in [0, 0.1) is 5.92 Å². The molecule has 1 aliphatic heterocycles. The summed E-state index contributed by atoms with van der Waals surface area (Å²) < 4.78 is 37.7. The zero-order chi connectivity index (χ0) is 14.9. The summed E-state index contributed by atoms with van der Waals surface area (Å²) >= 11 is 5.94. The second kappa shape index (κ2) is 5.52. The fourth-order valence-electron chi connectivity index (χ4n) is 2.33. The van der Waals surface area contributed by atoms with E-state index in [0.29, 0.717) is 0 Å². The minimum atomic E-state index is -4.20. The third kappa shape index (κ3) is 3.00. The number of anilines is 1. The molecule has 1 amide bonds. The van der Waals surface area contributed by atoms with E-state index in [4.69, 9.17) is 17.3 Å². The van der Waals surface area contributed by atoms with Gasteiger partial charge in [0.1, 0.15) is 0 Å². The van der Waals surface area contributed by atoms with E-state index in [-0.39, 0.29) is 42.2 Å². The van der Waals surface area contributed by atoms with Gasteiger partial charge >= 0.3 is 6.18 Å². The summed E-state index contributed by atoms with van der Waals surface area (Å²) in [5, 5.41) is 0.216. The van der Waals surface area contributed by atoms with Crippen LogP contribution in [-0.4, -0.2) is 30.1 Å². The van der Waals surface area contributed by atoms with Gasteiger partial charge in [-0.15, -0.1) is 0 Å². The number of carbonyl (C=O) groups is 1. The number of rotatable bonds is 1. The summed E-state index contributed by atoms with van der Waals surface area (Å²) in [7, 11) is 0. The van der Waals surface area contributed by atoms with Gasteiger partial charge < -0.3 is 10.6 Å². The van der Waals surface area contributed by atoms with Gasteiger partial charge in [0.05, 0.1) is 16.5 Å². The van der Waals surface area contributed by atoms with Crippen molar-refractivity contribution < 1.29 is 18.0 Å². The van der Waals surface area contributed by atoms with Crippen molar-refractivity contribution in [3.63, 3.8) is 0 Å². The van der Waals surface area contributed by atoms with Crippen LogP contribution < -0.4 is 5.73 Å². The van der Waals surface area contributed by atoms with Crippen molar-refractivity contribution in [2.45, 2.75) is 19.0 Å². The van der Waals surface area contributed by atoms with Crippen molar-refractivity contribution in [2.24, 2.45) is 5.92 Å². The maximum atomic E-state index is 12.6. The first-order valence-corrected chi connectivity index (χ1v) is 6.58. The Bertz CT molecular complexity index is 491. The molecule has 0 spiro atoms. The number of alkyl halides is 3. The number of nitrogen functional groups attached to an aromatic ring is 1. The first kappa shape index (κ1) is 15.0. The van der Waals surface area contributed by atoms with Gasteiger partial charge in [0, 0.05) is 18.8 Å². The molecule has 1 aromatic carbocycles. The largest absolute Gasteiger partial charge is 0.398 e. The zero-order valence-electron chi connectivity index (χ0n) is 10.6. The first-order valence-electron chi connectivity index (χ1n) is 6.20. The number of hydrogen-bond donors (Lipinski definition) is 1. The third-order valence-electron chi connectivity index (χ3n) is 3.50. The lowest BCUT2D eigenvalue weighted by Crippen LogP contribution is -2.42. The smallest absolute Gasteiger partial charge is 0.391 e. The van der Waals surface area contributed by atoms with Crippen molar-refractivity contribution >= 4 is 23.2 Å². The predicted molar refractivity (Wildman–Crippen MR) is 70.5 cm³/mol. The number of nitrogens with two attached hydrogens (primary N) is 1. The number of likely N-dealkylation sites (tertiary alicyclic amines) is 1. The molecule has 0 bridgehead atoms. The molecule has 0 radical (unpaired) electrons. The van der Waals surface area contributed by atoms with E-state index in [0.717, 1.165) is 0 Å². The van der Waals surface area contributed by atoms with Crippen LogP contribution in [0.5, 0.6) is 0 Å². The Morgan fingerprint density at radius 2 is 1.90 bits per heavy atom. The van der Waals surface area contributed by atoms with Crippen molar-refractivity contribution in [3.8, 4) is 0 Å². The fraction of sp³-hybridized carbons (Fsp3) is 0.462. The number of carbonyl (C=O) groups excluding carboxylic acids is 1. The van der Waals surface area contributed by atoms with Crippen molar-refractivity contribution in [1.29, 1.82) is 0 Å². The van der Waals surface area contributed by atoms with E-state index in [2.05, 4.69) is 0 Å². The van der Waals surface area contributed by atoms with Gasteiger partial charge in [0.2, 0.25) is 0 Å². The molecule has 0 aliphatic carbocycles. The Hall–Kier alpha value is -1.43. The molecule has 7 heteroatoms. The molecular formula is C13H14ClF3N2O. The zero-order valence-corrected chi connectivity index (χ0v) is 11.3. The minimum absolute atomic E-state index is 0.0632. The van der Waals surface area contributed by atoms with Gasteiger partial charge in [-0.3, -0.25) is 4.79 Å². The number of hydrogen-bond acceptors (Lipinski definition) is 2. The quantitative estimate of drug-likeness (QED) is 0.809. The molecule has 1 aliphatic rings. The molecule has 1 fully saturated rings. The molecule has 20 heavy (non-hydrogen) atoms. The standard InChI is InChI=1S/C13H14ClF3N2O/c14-9-2-1-3-10(18)11(9)12(20)19-6-4-8(5-7-19)13(15,16)17/h1-3,8H,4-7,18H2. The monoisotopic (exact) mass is 306 g/mol. The fourth-order valence-corrected chi connectivity index (χ4v) is 2.60. The van der Waals surface area contributed by atoms with E-state index in [1.807, 2.05) is 0 Å². The molecular weight excluding hydrogens is 293 g/mol. The molecule has 0 unspecified atom stereocenters. The summed E-state index contributed by atoms with van der Waals surface area (Å²) in [6.07, 6.45) is -4.36. The molecule has 0 saturated carbocycles. The van der Waals surface area contributed by atoms with E-state index < -0.39 is 18.0 Å². The van der Waals surface area contributed by atoms with Crippen LogP contribution in [0.2, 0.25) is 5.02 Å². The van der Waals surface area contributed by atoms with E-state index in [1.54, 1.807) is 12.1 Å². The second-order valence-electron chi connectivity index (χ2n) is 4.81. The summed E-state index contributed by atoms with van der Waals surface area (Å²) in [5.41, 5.74) is 6.12. The van der Waals surface area contributed by atoms with Crippen LogP contribution in [0.1, 0.15) is 23.2 Å². The summed E-state index contributed by atoms with van der Waals surface area (Å²) in [4.78, 5) is 13.7. The van der Waals surface area contributed by atoms with Crippen LogP contribution in [0.15, 0.2) is 18.2 Å². The molecule has 1 saturated heterocycles. The van der Waals surface area contributed by atoms with Crippen molar-refractivity contribution in [2.75, 3.05) is 18.8 Å². The summed E-state index contributed by atoms with van der Waals surface area (Å²) in [6.45, 7) is 0.126. The van der Waals surface area contributed by atoms with Crippen molar-refractivity contribution in [1.82, 2.24) is 4.90 Å². The molecule has 1 heterocycles. The maximum absolute atomic E-state index is 12.6. The Balaban J connectivity index is 2.09. The Morgan fingerprint density at radius 3 is 2.40 bits per heavy atom. The SMILES string of the molecule is Nc1cccc(Cl)c1C(=O)N1CCC(C(F)(F)F)CC1. The Kier molecular flexibility index (Phi) is 4.13. The van der Waals surface area contributed by atoms with E-state index in [1.165, 1.54) is 11.0 Å². The molecule has 3 nitrogen and oxygen atoms in total. The van der Waals surface area contributed by atoms with Crippen LogP contribution in [0.25, 0.3) is 0 Å². The van der Waals surface area contributed by atoms with Crippen LogP contribution >= 0.6 is 11.6 Å². The van der Waals surface area contributed by atoms with Gasteiger partial charge in [-0.1, -0.05) is 17.7 Å². The number of benzene rings is 1. The first-order chi connectivity index (χ1) is 9.30. The van der Waals surface area contributed by atoms with E-state index >= 15 is 0 Å². The van der Waals surface area contributed by atoms with Gasteiger partial charge in [0.15, 0.2) is 0 Å². The number of amides is 1. The summed E-state index contributed by atoms with van der Waals surface area (Å²) in [5.74, 6) is -1.75. The van der Waals surface area contributed by atoms with E-state index in [9.17, 15) is 18.0 Å². The van der Waals surface area contributed by atoms with Crippen LogP contribution in [0.3, 0.4) is 0 Å². The highest BCUT2D eigenvalue weighted by atomic mass is 35.5. The Labute approximate surface area is 119 Å². The molecule has 0 atom stereocenters. The van der Waals surface area contributed by atoms with Gasteiger partial charge in [0.25, 0.3) is 5.91 Å². The van der Waals surface area contributed by atoms with Gasteiger partial charge in [-0.2, -0.15) is 13.2 Å². The molecule has 110 valence electrons. The number of nitrogens with zero attached hydrogens (tertiary/aromatic N) is 1. The van der Waals surface area contributed by atoms with Gasteiger partial charge in [-0.05, 0) is 25.0 Å². The third-order valence-corrected chi connectivity index (χ3v) is 3.82. The Morgan fingerprint density at radius 1 is 1.30 bits per heavy atom. The average Bonchev–Trinajstić information content (AvgIpc) is 2.37. The van der Waals surface area contributed by atoms with Crippen LogP contribution in [-0.2, 0) is 0 Å². The average molecular weight is 307 g/mol. The highest BCUT2D eigenvalue weighted by Gasteiger charge is 2.42. The lowest BCUT2D eigenvalue weighted by atomic mass is 9.95. The maximum Gasteiger partial charge on any atom is 0.391 e. The summed E-state index contributed by atoms with van der Waals surface area (Å²) in [6, 6.07) is 4.69. The normalized spacial score (nSPS) is 17.3.